The SMILES string of the molecule is c1cnc2cnc(-n3c4ccccc4c4cc5c6ccccc6n6c7ccccc7c(c43)c56)nc2c1. The third kappa shape index (κ3) is 2.10. The summed E-state index contributed by atoms with van der Waals surface area (Å²) in [4.78, 5) is 14.2. The van der Waals surface area contributed by atoms with E-state index < -0.39 is 0 Å². The van der Waals surface area contributed by atoms with E-state index in [4.69, 9.17) is 9.97 Å². The van der Waals surface area contributed by atoms with Gasteiger partial charge in [-0.3, -0.25) is 9.55 Å². The smallest absolute Gasteiger partial charge is 0.235 e. The van der Waals surface area contributed by atoms with Gasteiger partial charge in [-0.05, 0) is 36.4 Å². The van der Waals surface area contributed by atoms with Crippen LogP contribution >= 0.6 is 0 Å². The van der Waals surface area contributed by atoms with Gasteiger partial charge in [-0.15, -0.1) is 0 Å². The molecule has 9 rings (SSSR count). The lowest BCUT2D eigenvalue weighted by Gasteiger charge is -2.08. The van der Waals surface area contributed by atoms with Gasteiger partial charge in [0.2, 0.25) is 5.95 Å². The highest BCUT2D eigenvalue weighted by Gasteiger charge is 2.24. The first-order chi connectivity index (χ1) is 17.9. The maximum absolute atomic E-state index is 4.97. The predicted octanol–water partition coefficient (Wildman–Crippen LogP) is 7.27. The van der Waals surface area contributed by atoms with Crippen LogP contribution in [0.15, 0.2) is 103 Å². The van der Waals surface area contributed by atoms with Gasteiger partial charge in [-0.1, -0.05) is 54.6 Å². The first kappa shape index (κ1) is 18.3. The second kappa shape index (κ2) is 6.34. The third-order valence-corrected chi connectivity index (χ3v) is 7.54. The summed E-state index contributed by atoms with van der Waals surface area (Å²) in [5.41, 5.74) is 7.55. The molecule has 5 nitrogen and oxygen atoms in total. The summed E-state index contributed by atoms with van der Waals surface area (Å²) < 4.78 is 4.65. The van der Waals surface area contributed by atoms with E-state index in [1.807, 2.05) is 18.3 Å². The molecule has 4 aromatic carbocycles. The molecule has 0 aliphatic carbocycles. The van der Waals surface area contributed by atoms with Crippen molar-refractivity contribution in [1.82, 2.24) is 23.9 Å². The van der Waals surface area contributed by atoms with Gasteiger partial charge < -0.3 is 4.40 Å². The van der Waals surface area contributed by atoms with E-state index in [1.54, 1.807) is 6.20 Å². The highest BCUT2D eigenvalue weighted by molar-refractivity contribution is 6.34. The minimum Gasteiger partial charge on any atom is -0.308 e. The van der Waals surface area contributed by atoms with Gasteiger partial charge in [-0.2, -0.15) is 0 Å². The zero-order chi connectivity index (χ0) is 23.4. The molecule has 0 spiro atoms. The zero-order valence-electron chi connectivity index (χ0n) is 19.1. The van der Waals surface area contributed by atoms with Gasteiger partial charge in [-0.25, -0.2) is 9.97 Å². The van der Waals surface area contributed by atoms with Gasteiger partial charge in [0.25, 0.3) is 0 Å². The molecule has 36 heavy (non-hydrogen) atoms. The number of benzene rings is 4. The Morgan fingerprint density at radius 1 is 0.528 bits per heavy atom. The van der Waals surface area contributed by atoms with Gasteiger partial charge >= 0.3 is 0 Å². The first-order valence-electron chi connectivity index (χ1n) is 12.1. The van der Waals surface area contributed by atoms with Crippen LogP contribution < -0.4 is 0 Å². The number of fused-ring (bicyclic) bond motifs is 11. The Morgan fingerprint density at radius 3 is 2.03 bits per heavy atom. The predicted molar refractivity (Wildman–Crippen MR) is 146 cm³/mol. The van der Waals surface area contributed by atoms with E-state index in [1.165, 1.54) is 48.9 Å². The number of hydrogen-bond donors (Lipinski definition) is 0. The number of pyridine rings is 1. The number of aromatic nitrogens is 5. The standard InChI is InChI=1S/C31H17N5/c1-4-12-25-18(8-1)21-16-22-19-9-2-5-13-26(19)36(31-33-17-24-23(34-31)11-7-15-32-24)30(22)28-20-10-3-6-14-27(20)35(25)29(21)28/h1-17H. The second-order valence-electron chi connectivity index (χ2n) is 9.34. The lowest BCUT2D eigenvalue weighted by atomic mass is 10.0. The van der Waals surface area contributed by atoms with Crippen molar-refractivity contribution in [3.8, 4) is 5.95 Å². The Morgan fingerprint density at radius 2 is 1.19 bits per heavy atom. The highest BCUT2D eigenvalue weighted by atomic mass is 15.2. The van der Waals surface area contributed by atoms with Crippen LogP contribution in [0.5, 0.6) is 0 Å². The van der Waals surface area contributed by atoms with Gasteiger partial charge in [0, 0.05) is 38.5 Å². The topological polar surface area (TPSA) is 48.0 Å². The molecule has 0 N–H and O–H groups in total. The van der Waals surface area contributed by atoms with E-state index in [-0.39, 0.29) is 0 Å². The fraction of sp³-hybridized carbons (Fsp3) is 0. The maximum Gasteiger partial charge on any atom is 0.235 e. The van der Waals surface area contributed by atoms with Crippen molar-refractivity contribution in [3.05, 3.63) is 103 Å². The number of nitrogens with zero attached hydrogens (tertiary/aromatic N) is 5. The zero-order valence-corrected chi connectivity index (χ0v) is 19.1. The summed E-state index contributed by atoms with van der Waals surface area (Å²) >= 11 is 0. The Labute approximate surface area is 204 Å². The summed E-state index contributed by atoms with van der Waals surface area (Å²) in [5, 5.41) is 7.43. The van der Waals surface area contributed by atoms with Gasteiger partial charge in [0.1, 0.15) is 5.52 Å². The average molecular weight is 460 g/mol. The summed E-state index contributed by atoms with van der Waals surface area (Å²) in [6, 6.07) is 32.2. The lowest BCUT2D eigenvalue weighted by Crippen LogP contribution is -2.01. The molecule has 0 unspecified atom stereocenters. The second-order valence-corrected chi connectivity index (χ2v) is 9.34. The fourth-order valence-corrected chi connectivity index (χ4v) is 6.13. The number of para-hydroxylation sites is 3. The molecule has 166 valence electrons. The van der Waals surface area contributed by atoms with Crippen molar-refractivity contribution in [3.63, 3.8) is 0 Å². The summed E-state index contributed by atoms with van der Waals surface area (Å²) in [6.45, 7) is 0. The molecular formula is C31H17N5. The minimum absolute atomic E-state index is 0.657. The molecule has 9 aromatic rings. The van der Waals surface area contributed by atoms with Crippen LogP contribution in [-0.2, 0) is 0 Å². The normalized spacial score (nSPS) is 12.4. The molecule has 5 aromatic heterocycles. The highest BCUT2D eigenvalue weighted by Crippen LogP contribution is 2.45. The van der Waals surface area contributed by atoms with Crippen molar-refractivity contribution in [2.45, 2.75) is 0 Å². The average Bonchev–Trinajstić information content (AvgIpc) is 3.57. The molecule has 0 fully saturated rings. The Kier molecular flexibility index (Phi) is 3.23. The quantitative estimate of drug-likeness (QED) is 0.259. The van der Waals surface area contributed by atoms with Crippen molar-refractivity contribution in [2.75, 3.05) is 0 Å². The molecular weight excluding hydrogens is 442 g/mol. The van der Waals surface area contributed by atoms with Crippen LogP contribution in [0.1, 0.15) is 0 Å². The molecule has 0 aliphatic heterocycles. The van der Waals surface area contributed by atoms with Gasteiger partial charge in [0.15, 0.2) is 0 Å². The summed E-state index contributed by atoms with van der Waals surface area (Å²) in [7, 11) is 0. The van der Waals surface area contributed by atoms with Crippen LogP contribution in [0.25, 0.3) is 76.9 Å². The molecule has 0 amide bonds. The Hall–Kier alpha value is -5.03. The third-order valence-electron chi connectivity index (χ3n) is 7.54. The van der Waals surface area contributed by atoms with Crippen molar-refractivity contribution in [2.24, 2.45) is 0 Å². The largest absolute Gasteiger partial charge is 0.308 e. The molecule has 5 heteroatoms. The van der Waals surface area contributed by atoms with Crippen LogP contribution in [-0.4, -0.2) is 23.9 Å². The molecule has 0 aliphatic rings. The van der Waals surface area contributed by atoms with Gasteiger partial charge in [0.05, 0.1) is 39.3 Å². The summed E-state index contributed by atoms with van der Waals surface area (Å²) in [5.74, 6) is 0.657. The number of rotatable bonds is 1. The molecule has 0 bridgehead atoms. The molecule has 0 saturated carbocycles. The molecule has 5 heterocycles. The van der Waals surface area contributed by atoms with Crippen molar-refractivity contribution in [1.29, 1.82) is 0 Å². The van der Waals surface area contributed by atoms with E-state index in [0.29, 0.717) is 5.95 Å². The first-order valence-corrected chi connectivity index (χ1v) is 12.1. The van der Waals surface area contributed by atoms with E-state index in [9.17, 15) is 0 Å². The van der Waals surface area contributed by atoms with Crippen LogP contribution in [0, 0.1) is 0 Å². The Balaban J connectivity index is 1.61. The molecule has 0 radical (unpaired) electrons. The van der Waals surface area contributed by atoms with Crippen LogP contribution in [0.2, 0.25) is 0 Å². The molecule has 0 atom stereocenters. The van der Waals surface area contributed by atoms with E-state index >= 15 is 0 Å². The molecule has 0 saturated heterocycles. The lowest BCUT2D eigenvalue weighted by molar-refractivity contribution is 1.01. The van der Waals surface area contributed by atoms with Crippen LogP contribution in [0.4, 0.5) is 0 Å². The van der Waals surface area contributed by atoms with Crippen molar-refractivity contribution < 1.29 is 0 Å². The Bertz CT molecular complexity index is 2320. The van der Waals surface area contributed by atoms with Crippen LogP contribution in [0.3, 0.4) is 0 Å². The maximum atomic E-state index is 4.97. The monoisotopic (exact) mass is 459 g/mol. The van der Waals surface area contributed by atoms with Crippen molar-refractivity contribution >= 4 is 70.9 Å². The van der Waals surface area contributed by atoms with E-state index in [2.05, 4.69) is 92.8 Å². The van der Waals surface area contributed by atoms with E-state index in [0.717, 1.165) is 22.1 Å². The minimum atomic E-state index is 0.657. The number of hydrogen-bond acceptors (Lipinski definition) is 3. The summed E-state index contributed by atoms with van der Waals surface area (Å²) in [6.07, 6.45) is 3.60. The fourth-order valence-electron chi connectivity index (χ4n) is 6.13.